The van der Waals surface area contributed by atoms with Gasteiger partial charge in [0.05, 0.1) is 24.3 Å². The third kappa shape index (κ3) is 4.80. The molecule has 0 heterocycles. The Labute approximate surface area is 145 Å². The molecule has 2 aromatic carbocycles. The van der Waals surface area contributed by atoms with Gasteiger partial charge in [0.1, 0.15) is 6.61 Å². The molecular weight excluding hydrogens is 324 g/mol. The number of ether oxygens (including phenoxy) is 2. The van der Waals surface area contributed by atoms with Crippen molar-refractivity contribution in [2.75, 3.05) is 26.4 Å². The van der Waals surface area contributed by atoms with E-state index in [-0.39, 0.29) is 23.3 Å². The molecule has 2 rings (SSSR count). The Morgan fingerprint density at radius 1 is 1.04 bits per heavy atom. The van der Waals surface area contributed by atoms with Crippen LogP contribution in [0.15, 0.2) is 30.3 Å². The van der Waals surface area contributed by atoms with E-state index in [2.05, 4.69) is 11.8 Å². The first kappa shape index (κ1) is 18.5. The van der Waals surface area contributed by atoms with E-state index in [1.807, 2.05) is 6.92 Å². The van der Waals surface area contributed by atoms with Crippen LogP contribution in [0.1, 0.15) is 33.2 Å². The minimum absolute atomic E-state index is 0.0249. The lowest BCUT2D eigenvalue weighted by Gasteiger charge is -2.06. The summed E-state index contributed by atoms with van der Waals surface area (Å²) < 4.78 is 10.4. The maximum absolute atomic E-state index is 11.5. The van der Waals surface area contributed by atoms with Crippen LogP contribution in [0.25, 0.3) is 10.8 Å². The molecule has 0 amide bonds. The fraction of sp³-hybridized carbons (Fsp3) is 0.263. The summed E-state index contributed by atoms with van der Waals surface area (Å²) in [6.45, 7) is 3.49. The highest BCUT2D eigenvalue weighted by Gasteiger charge is 2.14. The van der Waals surface area contributed by atoms with Crippen molar-refractivity contribution in [2.24, 2.45) is 0 Å². The van der Waals surface area contributed by atoms with Crippen LogP contribution in [0.4, 0.5) is 0 Å². The molecule has 6 heteroatoms. The van der Waals surface area contributed by atoms with Gasteiger partial charge in [-0.25, -0.2) is 9.59 Å². The van der Waals surface area contributed by atoms with E-state index in [1.165, 1.54) is 18.2 Å². The summed E-state index contributed by atoms with van der Waals surface area (Å²) >= 11 is 0. The van der Waals surface area contributed by atoms with Crippen LogP contribution in [-0.2, 0) is 9.47 Å². The number of hydrogen-bond donors (Lipinski definition) is 2. The van der Waals surface area contributed by atoms with Crippen LogP contribution in [0.3, 0.4) is 0 Å². The molecule has 0 spiro atoms. The number of rotatable bonds is 7. The molecule has 0 bridgehead atoms. The predicted octanol–water partition coefficient (Wildman–Crippen LogP) is 2.64. The van der Waals surface area contributed by atoms with Crippen molar-refractivity contribution in [1.29, 1.82) is 0 Å². The van der Waals surface area contributed by atoms with Crippen molar-refractivity contribution in [2.45, 2.75) is 6.92 Å². The fourth-order valence-electron chi connectivity index (χ4n) is 2.31. The van der Waals surface area contributed by atoms with Crippen LogP contribution >= 0.6 is 0 Å². The van der Waals surface area contributed by atoms with E-state index >= 15 is 0 Å². The molecule has 130 valence electrons. The molecule has 0 aliphatic heterocycles. The zero-order valence-electron chi connectivity index (χ0n) is 13.7. The second-order valence-electron chi connectivity index (χ2n) is 5.09. The highest BCUT2D eigenvalue weighted by Crippen LogP contribution is 2.23. The normalized spacial score (nSPS) is 10.3. The minimum atomic E-state index is -1.12. The molecule has 0 fully saturated rings. The molecule has 2 N–H and O–H groups in total. The SMILES string of the molecule is CCOCCOCC#Cc1cc2c(C(=O)O)cccc2cc1C(=O)O. The van der Waals surface area contributed by atoms with E-state index in [9.17, 15) is 19.8 Å². The monoisotopic (exact) mass is 342 g/mol. The first-order valence-electron chi connectivity index (χ1n) is 7.72. The van der Waals surface area contributed by atoms with Crippen LogP contribution < -0.4 is 0 Å². The number of fused-ring (bicyclic) bond motifs is 1. The van der Waals surface area contributed by atoms with Crippen LogP contribution in [0, 0.1) is 11.8 Å². The number of hydrogen-bond acceptors (Lipinski definition) is 4. The highest BCUT2D eigenvalue weighted by molar-refractivity contribution is 6.06. The van der Waals surface area contributed by atoms with Gasteiger partial charge in [0.2, 0.25) is 0 Å². The topological polar surface area (TPSA) is 93.1 Å². The van der Waals surface area contributed by atoms with Crippen LogP contribution in [0.2, 0.25) is 0 Å². The first-order valence-corrected chi connectivity index (χ1v) is 7.72. The summed E-state index contributed by atoms with van der Waals surface area (Å²) in [6.07, 6.45) is 0. The standard InChI is InChI=1S/C19H18O6/c1-2-24-9-10-25-8-4-6-14-11-16-13(12-17(14)19(22)23)5-3-7-15(16)18(20)21/h3,5,7,11-12H,2,8-10H2,1H3,(H,20,21)(H,22,23). The summed E-state index contributed by atoms with van der Waals surface area (Å²) in [5.74, 6) is 3.30. The molecule has 25 heavy (non-hydrogen) atoms. The minimum Gasteiger partial charge on any atom is -0.478 e. The molecule has 0 unspecified atom stereocenters. The van der Waals surface area contributed by atoms with Crippen molar-refractivity contribution >= 4 is 22.7 Å². The Balaban J connectivity index is 2.31. The Morgan fingerprint density at radius 3 is 2.44 bits per heavy atom. The summed E-state index contributed by atoms with van der Waals surface area (Å²) in [5.41, 5.74) is 0.379. The largest absolute Gasteiger partial charge is 0.478 e. The van der Waals surface area contributed by atoms with Crippen LogP contribution in [-0.4, -0.2) is 48.6 Å². The molecule has 0 aliphatic carbocycles. The van der Waals surface area contributed by atoms with Gasteiger partial charge in [0.15, 0.2) is 0 Å². The van der Waals surface area contributed by atoms with Gasteiger partial charge < -0.3 is 19.7 Å². The number of carboxylic acids is 2. The summed E-state index contributed by atoms with van der Waals surface area (Å²) in [5, 5.41) is 19.6. The summed E-state index contributed by atoms with van der Waals surface area (Å²) in [6, 6.07) is 7.65. The van der Waals surface area contributed by atoms with E-state index in [4.69, 9.17) is 9.47 Å². The van der Waals surface area contributed by atoms with Crippen molar-refractivity contribution in [3.63, 3.8) is 0 Å². The quantitative estimate of drug-likeness (QED) is 0.593. The number of benzene rings is 2. The Hall–Kier alpha value is -2.88. The third-order valence-corrected chi connectivity index (χ3v) is 3.45. The summed E-state index contributed by atoms with van der Waals surface area (Å²) in [7, 11) is 0. The second-order valence-corrected chi connectivity index (χ2v) is 5.09. The zero-order chi connectivity index (χ0) is 18.2. The number of carbonyl (C=O) groups is 2. The van der Waals surface area contributed by atoms with Crippen molar-refractivity contribution in [3.8, 4) is 11.8 Å². The number of aromatic carboxylic acids is 2. The van der Waals surface area contributed by atoms with E-state index in [0.717, 1.165) is 0 Å². The third-order valence-electron chi connectivity index (χ3n) is 3.45. The lowest BCUT2D eigenvalue weighted by molar-refractivity contribution is 0.0662. The average molecular weight is 342 g/mol. The molecule has 0 aliphatic rings. The average Bonchev–Trinajstić information content (AvgIpc) is 2.59. The predicted molar refractivity (Wildman–Crippen MR) is 92.1 cm³/mol. The summed E-state index contributed by atoms with van der Waals surface area (Å²) in [4.78, 5) is 22.8. The van der Waals surface area contributed by atoms with E-state index in [0.29, 0.717) is 30.6 Å². The highest BCUT2D eigenvalue weighted by atomic mass is 16.5. The van der Waals surface area contributed by atoms with Crippen molar-refractivity contribution in [1.82, 2.24) is 0 Å². The van der Waals surface area contributed by atoms with Gasteiger partial charge in [-0.15, -0.1) is 0 Å². The maximum atomic E-state index is 11.5. The van der Waals surface area contributed by atoms with Gasteiger partial charge in [0, 0.05) is 12.2 Å². The van der Waals surface area contributed by atoms with Gasteiger partial charge >= 0.3 is 11.9 Å². The van der Waals surface area contributed by atoms with Crippen molar-refractivity contribution in [3.05, 3.63) is 47.0 Å². The molecule has 0 saturated carbocycles. The fourth-order valence-corrected chi connectivity index (χ4v) is 2.31. The van der Waals surface area contributed by atoms with Gasteiger partial charge in [-0.3, -0.25) is 0 Å². The van der Waals surface area contributed by atoms with Gasteiger partial charge in [-0.1, -0.05) is 24.0 Å². The smallest absolute Gasteiger partial charge is 0.336 e. The maximum Gasteiger partial charge on any atom is 0.336 e. The molecule has 0 aromatic heterocycles. The molecular formula is C19H18O6. The molecule has 0 atom stereocenters. The Kier molecular flexibility index (Phi) is 6.52. The number of carboxylic acid groups (broad SMARTS) is 2. The lowest BCUT2D eigenvalue weighted by atomic mass is 9.97. The van der Waals surface area contributed by atoms with E-state index < -0.39 is 11.9 Å². The van der Waals surface area contributed by atoms with Crippen molar-refractivity contribution < 1.29 is 29.3 Å². The molecule has 0 radical (unpaired) electrons. The van der Waals surface area contributed by atoms with Gasteiger partial charge in [-0.2, -0.15) is 0 Å². The lowest BCUT2D eigenvalue weighted by Crippen LogP contribution is -2.04. The zero-order valence-corrected chi connectivity index (χ0v) is 13.7. The van der Waals surface area contributed by atoms with Gasteiger partial charge in [-0.05, 0) is 35.9 Å². The Bertz CT molecular complexity index is 844. The first-order chi connectivity index (χ1) is 12.0. The van der Waals surface area contributed by atoms with E-state index in [1.54, 1.807) is 12.1 Å². The van der Waals surface area contributed by atoms with Gasteiger partial charge in [0.25, 0.3) is 0 Å². The van der Waals surface area contributed by atoms with Crippen LogP contribution in [0.5, 0.6) is 0 Å². The second kappa shape index (κ2) is 8.83. The molecule has 2 aromatic rings. The molecule has 0 saturated heterocycles. The molecule has 6 nitrogen and oxygen atoms in total. The Morgan fingerprint density at radius 2 is 1.76 bits per heavy atom.